The Kier molecular flexibility index (Phi) is 5.78. The standard InChI is InChI=1S/C21H26ClN5O/c22-16-8-6-15(7-9-16)17-13-24-21(23)25-20(17)18-5-1-2-12-27(18)14-19(28)26-10-3-4-11-26/h6-9,13,18H,1-5,10-12,14H2,(H2,23,24,25)/t18-/m0/s1. The normalized spacial score (nSPS) is 20.5. The fourth-order valence-electron chi connectivity index (χ4n) is 4.25. The molecular formula is C21H26ClN5O. The van der Waals surface area contributed by atoms with Crippen molar-refractivity contribution in [3.8, 4) is 11.1 Å². The van der Waals surface area contributed by atoms with Crippen LogP contribution < -0.4 is 5.73 Å². The summed E-state index contributed by atoms with van der Waals surface area (Å²) in [5.41, 5.74) is 8.82. The van der Waals surface area contributed by atoms with E-state index in [4.69, 9.17) is 17.3 Å². The highest BCUT2D eigenvalue weighted by Gasteiger charge is 2.31. The van der Waals surface area contributed by atoms with Gasteiger partial charge in [0, 0.05) is 29.9 Å². The number of halogens is 1. The van der Waals surface area contributed by atoms with Crippen LogP contribution in [0.25, 0.3) is 11.1 Å². The van der Waals surface area contributed by atoms with Crippen molar-refractivity contribution in [1.29, 1.82) is 0 Å². The van der Waals surface area contributed by atoms with Gasteiger partial charge in [-0.15, -0.1) is 0 Å². The minimum atomic E-state index is 0.0660. The Morgan fingerprint density at radius 1 is 1.11 bits per heavy atom. The number of rotatable bonds is 4. The summed E-state index contributed by atoms with van der Waals surface area (Å²) < 4.78 is 0. The highest BCUT2D eigenvalue weighted by molar-refractivity contribution is 6.30. The van der Waals surface area contributed by atoms with Crippen LogP contribution in [-0.4, -0.2) is 51.9 Å². The molecule has 1 atom stereocenters. The summed E-state index contributed by atoms with van der Waals surface area (Å²) in [5, 5.41) is 0.692. The molecule has 3 heterocycles. The smallest absolute Gasteiger partial charge is 0.236 e. The minimum absolute atomic E-state index is 0.0660. The van der Waals surface area contributed by atoms with Gasteiger partial charge in [0.2, 0.25) is 11.9 Å². The van der Waals surface area contributed by atoms with E-state index in [9.17, 15) is 4.79 Å². The number of nitrogens with two attached hydrogens (primary N) is 1. The van der Waals surface area contributed by atoms with E-state index in [1.807, 2.05) is 29.2 Å². The topological polar surface area (TPSA) is 75.3 Å². The molecule has 7 heteroatoms. The second kappa shape index (κ2) is 8.45. The van der Waals surface area contributed by atoms with Crippen molar-refractivity contribution in [1.82, 2.24) is 19.8 Å². The van der Waals surface area contributed by atoms with Gasteiger partial charge in [-0.2, -0.15) is 0 Å². The zero-order valence-electron chi connectivity index (χ0n) is 16.0. The molecule has 0 spiro atoms. The number of aromatic nitrogens is 2. The second-order valence-corrected chi connectivity index (χ2v) is 8.04. The predicted molar refractivity (Wildman–Crippen MR) is 111 cm³/mol. The van der Waals surface area contributed by atoms with Crippen molar-refractivity contribution < 1.29 is 4.79 Å². The molecule has 2 N–H and O–H groups in total. The zero-order chi connectivity index (χ0) is 19.5. The molecule has 4 rings (SSSR count). The Hall–Kier alpha value is -2.18. The molecule has 0 radical (unpaired) electrons. The Morgan fingerprint density at radius 2 is 1.82 bits per heavy atom. The van der Waals surface area contributed by atoms with E-state index in [2.05, 4.69) is 14.9 Å². The largest absolute Gasteiger partial charge is 0.368 e. The van der Waals surface area contributed by atoms with Crippen molar-refractivity contribution >= 4 is 23.5 Å². The van der Waals surface area contributed by atoms with E-state index >= 15 is 0 Å². The Morgan fingerprint density at radius 3 is 2.57 bits per heavy atom. The summed E-state index contributed by atoms with van der Waals surface area (Å²) in [7, 11) is 0. The lowest BCUT2D eigenvalue weighted by Crippen LogP contribution is -2.43. The molecule has 0 saturated carbocycles. The molecule has 2 fully saturated rings. The van der Waals surface area contributed by atoms with Crippen molar-refractivity contribution in [2.24, 2.45) is 0 Å². The van der Waals surface area contributed by atoms with Crippen LogP contribution in [-0.2, 0) is 4.79 Å². The summed E-state index contributed by atoms with van der Waals surface area (Å²) in [6.45, 7) is 3.10. The Labute approximate surface area is 170 Å². The van der Waals surface area contributed by atoms with Crippen molar-refractivity contribution in [2.45, 2.75) is 38.1 Å². The summed E-state index contributed by atoms with van der Waals surface area (Å²) in [5.74, 6) is 0.489. The number of hydrogen-bond acceptors (Lipinski definition) is 5. The third-order valence-corrected chi connectivity index (χ3v) is 5.97. The fraction of sp³-hybridized carbons (Fsp3) is 0.476. The van der Waals surface area contributed by atoms with Crippen LogP contribution in [0.2, 0.25) is 5.02 Å². The molecule has 0 aliphatic carbocycles. The molecule has 2 aromatic rings. The molecule has 1 amide bonds. The van der Waals surface area contributed by atoms with Crippen LogP contribution in [0.4, 0.5) is 5.95 Å². The number of nitrogens with zero attached hydrogens (tertiary/aromatic N) is 4. The lowest BCUT2D eigenvalue weighted by molar-refractivity contribution is -0.132. The molecule has 1 aromatic heterocycles. The molecule has 148 valence electrons. The number of nitrogen functional groups attached to an aromatic ring is 1. The first-order valence-corrected chi connectivity index (χ1v) is 10.4. The van der Waals surface area contributed by atoms with Crippen molar-refractivity contribution in [3.05, 3.63) is 41.2 Å². The SMILES string of the molecule is Nc1ncc(-c2ccc(Cl)cc2)c([C@@H]2CCCCN2CC(=O)N2CCCC2)n1. The average molecular weight is 400 g/mol. The summed E-state index contributed by atoms with van der Waals surface area (Å²) >= 11 is 6.05. The van der Waals surface area contributed by atoms with Gasteiger partial charge in [-0.05, 0) is 49.9 Å². The second-order valence-electron chi connectivity index (χ2n) is 7.60. The van der Waals surface area contributed by atoms with Gasteiger partial charge in [0.15, 0.2) is 0 Å². The molecule has 0 bridgehead atoms. The molecule has 6 nitrogen and oxygen atoms in total. The van der Waals surface area contributed by atoms with E-state index in [1.165, 1.54) is 0 Å². The third-order valence-electron chi connectivity index (χ3n) is 5.72. The maximum absolute atomic E-state index is 12.8. The van der Waals surface area contributed by atoms with Crippen LogP contribution in [0.15, 0.2) is 30.5 Å². The van der Waals surface area contributed by atoms with Crippen LogP contribution >= 0.6 is 11.6 Å². The highest BCUT2D eigenvalue weighted by Crippen LogP contribution is 2.36. The van der Waals surface area contributed by atoms with E-state index in [0.29, 0.717) is 11.6 Å². The average Bonchev–Trinajstić information content (AvgIpc) is 3.24. The zero-order valence-corrected chi connectivity index (χ0v) is 16.7. The van der Waals surface area contributed by atoms with Gasteiger partial charge in [0.25, 0.3) is 0 Å². The molecule has 0 unspecified atom stereocenters. The van der Waals surface area contributed by atoms with Gasteiger partial charge >= 0.3 is 0 Å². The van der Waals surface area contributed by atoms with E-state index < -0.39 is 0 Å². The molecule has 2 aliphatic rings. The first-order chi connectivity index (χ1) is 13.6. The Bertz CT molecular complexity index is 835. The van der Waals surface area contributed by atoms with Crippen LogP contribution in [0.1, 0.15) is 43.8 Å². The maximum atomic E-state index is 12.8. The number of piperidine rings is 1. The third kappa shape index (κ3) is 4.13. The highest BCUT2D eigenvalue weighted by atomic mass is 35.5. The Balaban J connectivity index is 1.64. The van der Waals surface area contributed by atoms with Gasteiger partial charge in [0.1, 0.15) is 0 Å². The van der Waals surface area contributed by atoms with Gasteiger partial charge in [-0.3, -0.25) is 9.69 Å². The quantitative estimate of drug-likeness (QED) is 0.851. The summed E-state index contributed by atoms with van der Waals surface area (Å²) in [6, 6.07) is 7.75. The lowest BCUT2D eigenvalue weighted by atomic mass is 9.94. The monoisotopic (exact) mass is 399 g/mol. The summed E-state index contributed by atoms with van der Waals surface area (Å²) in [6.07, 6.45) is 7.18. The fourth-order valence-corrected chi connectivity index (χ4v) is 4.37. The maximum Gasteiger partial charge on any atom is 0.236 e. The van der Waals surface area contributed by atoms with Gasteiger partial charge in [-0.25, -0.2) is 9.97 Å². The number of hydrogen-bond donors (Lipinski definition) is 1. The molecule has 1 aromatic carbocycles. The molecular weight excluding hydrogens is 374 g/mol. The number of amides is 1. The van der Waals surface area contributed by atoms with Crippen molar-refractivity contribution in [2.75, 3.05) is 31.9 Å². The molecule has 2 saturated heterocycles. The molecule has 28 heavy (non-hydrogen) atoms. The van der Waals surface area contributed by atoms with Gasteiger partial charge in [-0.1, -0.05) is 30.2 Å². The number of anilines is 1. The number of carbonyl (C=O) groups excluding carboxylic acids is 1. The minimum Gasteiger partial charge on any atom is -0.368 e. The van der Waals surface area contributed by atoms with E-state index in [0.717, 1.165) is 68.6 Å². The predicted octanol–water partition coefficient (Wildman–Crippen LogP) is 3.53. The van der Waals surface area contributed by atoms with Gasteiger partial charge < -0.3 is 10.6 Å². The van der Waals surface area contributed by atoms with Crippen LogP contribution in [0.3, 0.4) is 0 Å². The van der Waals surface area contributed by atoms with Gasteiger partial charge in [0.05, 0.1) is 18.3 Å². The first-order valence-electron chi connectivity index (χ1n) is 10.0. The number of likely N-dealkylation sites (tertiary alicyclic amines) is 2. The molecule has 2 aliphatic heterocycles. The van der Waals surface area contributed by atoms with Crippen LogP contribution in [0.5, 0.6) is 0 Å². The first kappa shape index (κ1) is 19.2. The van der Waals surface area contributed by atoms with E-state index in [1.54, 1.807) is 6.20 Å². The number of carbonyl (C=O) groups is 1. The van der Waals surface area contributed by atoms with Crippen LogP contribution in [0, 0.1) is 0 Å². The summed E-state index contributed by atoms with van der Waals surface area (Å²) in [4.78, 5) is 25.9. The number of benzene rings is 1. The van der Waals surface area contributed by atoms with E-state index in [-0.39, 0.29) is 17.9 Å². The lowest BCUT2D eigenvalue weighted by Gasteiger charge is -2.36. The van der Waals surface area contributed by atoms with Crippen molar-refractivity contribution in [3.63, 3.8) is 0 Å².